The number of rotatable bonds is 1. The van der Waals surface area contributed by atoms with Crippen molar-refractivity contribution in [1.29, 1.82) is 0 Å². The predicted octanol–water partition coefficient (Wildman–Crippen LogP) is -0.553. The van der Waals surface area contributed by atoms with Gasteiger partial charge in [0.2, 0.25) is 0 Å². The molecule has 0 aliphatic heterocycles. The van der Waals surface area contributed by atoms with Crippen LogP contribution in [0.15, 0.2) is 0 Å². The molecule has 0 aromatic heterocycles. The summed E-state index contributed by atoms with van der Waals surface area (Å²) in [5.74, 6) is -1.19. The summed E-state index contributed by atoms with van der Waals surface area (Å²) in [5, 5.41) is 15.8. The minimum absolute atomic E-state index is 0. The monoisotopic (exact) mass is 206 g/mol. The van der Waals surface area contributed by atoms with Gasteiger partial charge in [0.05, 0.1) is 0 Å². The molecule has 5 heteroatoms. The van der Waals surface area contributed by atoms with Crippen LogP contribution in [-0.2, 0) is 41.6 Å². The third-order valence-corrected chi connectivity index (χ3v) is 0.357. The molecule has 44 valence electrons. The second-order valence-electron chi connectivity index (χ2n) is 1.01. The van der Waals surface area contributed by atoms with Crippen molar-refractivity contribution in [3.8, 4) is 0 Å². The Balaban J connectivity index is -0.000000125. The van der Waals surface area contributed by atoms with Crippen LogP contribution in [0.2, 0.25) is 0 Å². The number of carbonyl (C=O) groups is 1. The molecule has 0 rings (SSSR count). The average Bonchev–Trinajstić information content (AvgIpc) is 1.36. The normalized spacial score (nSPS) is 10.2. The van der Waals surface area contributed by atoms with Crippen molar-refractivity contribution in [3.63, 3.8) is 0 Å². The average molecular weight is 207 g/mol. The topological polar surface area (TPSA) is 57.5 Å². The quantitative estimate of drug-likeness (QED) is 0.567. The molecule has 0 bridgehead atoms. The second-order valence-corrected chi connectivity index (χ2v) is 1.01. The fraction of sp³-hybridized carbons (Fsp3) is 0.667. The molecular formula is C3H6CrO3Zn. The maximum atomic E-state index is 9.45. The second kappa shape index (κ2) is 7.59. The van der Waals surface area contributed by atoms with Crippen LogP contribution in [0, 0.1) is 0 Å². The van der Waals surface area contributed by atoms with Gasteiger partial charge >= 0.3 is 5.97 Å². The van der Waals surface area contributed by atoms with Crippen molar-refractivity contribution >= 4 is 5.97 Å². The molecule has 2 N–H and O–H groups in total. The Morgan fingerprint density at radius 2 is 1.75 bits per heavy atom. The molecule has 1 unspecified atom stereocenters. The summed E-state index contributed by atoms with van der Waals surface area (Å²) in [6.07, 6.45) is -1.23. The van der Waals surface area contributed by atoms with E-state index in [1.807, 2.05) is 0 Å². The molecule has 0 spiro atoms. The molecule has 0 aromatic rings. The molecule has 0 fully saturated rings. The van der Waals surface area contributed by atoms with E-state index in [9.17, 15) is 4.79 Å². The van der Waals surface area contributed by atoms with Crippen molar-refractivity contribution in [1.82, 2.24) is 0 Å². The number of aliphatic hydroxyl groups excluding tert-OH is 1. The molecule has 0 aliphatic carbocycles. The van der Waals surface area contributed by atoms with Gasteiger partial charge in [0.15, 0.2) is 0 Å². The third-order valence-electron chi connectivity index (χ3n) is 0.357. The Kier molecular flexibility index (Phi) is 15.0. The zero-order chi connectivity index (χ0) is 5.15. The van der Waals surface area contributed by atoms with Gasteiger partial charge in [0.1, 0.15) is 6.10 Å². The zero-order valence-corrected chi connectivity index (χ0v) is 8.74. The molecule has 0 saturated carbocycles. The summed E-state index contributed by atoms with van der Waals surface area (Å²) in [4.78, 5) is 9.45. The van der Waals surface area contributed by atoms with Gasteiger partial charge in [-0.15, -0.1) is 0 Å². The van der Waals surface area contributed by atoms with E-state index in [1.54, 1.807) is 0 Å². The van der Waals surface area contributed by atoms with Gasteiger partial charge < -0.3 is 10.2 Å². The van der Waals surface area contributed by atoms with Crippen LogP contribution in [0.4, 0.5) is 0 Å². The number of carboxylic acid groups (broad SMARTS) is 1. The van der Waals surface area contributed by atoms with Gasteiger partial charge in [-0.2, -0.15) is 0 Å². The summed E-state index contributed by atoms with van der Waals surface area (Å²) < 4.78 is 0. The van der Waals surface area contributed by atoms with Crippen LogP contribution in [0.1, 0.15) is 6.92 Å². The van der Waals surface area contributed by atoms with E-state index in [2.05, 4.69) is 0 Å². The number of hydrogen-bond donors (Lipinski definition) is 2. The molecule has 0 saturated heterocycles. The Hall–Kier alpha value is 0.586. The first-order valence-electron chi connectivity index (χ1n) is 1.55. The predicted molar refractivity (Wildman–Crippen MR) is 19.3 cm³/mol. The van der Waals surface area contributed by atoms with Crippen molar-refractivity contribution in [3.05, 3.63) is 0 Å². The smallest absolute Gasteiger partial charge is 0.332 e. The summed E-state index contributed by atoms with van der Waals surface area (Å²) in [7, 11) is 0. The Labute approximate surface area is 71.0 Å². The molecule has 0 aliphatic rings. The van der Waals surface area contributed by atoms with Crippen molar-refractivity contribution in [2.45, 2.75) is 13.0 Å². The molecule has 0 aromatic carbocycles. The van der Waals surface area contributed by atoms with Gasteiger partial charge in [-0.25, -0.2) is 4.79 Å². The number of aliphatic carboxylic acids is 1. The summed E-state index contributed by atoms with van der Waals surface area (Å²) >= 11 is 0. The van der Waals surface area contributed by atoms with E-state index in [1.165, 1.54) is 6.92 Å². The SMILES string of the molecule is CC(O)C(=O)O.[Cr].[Zn]. The third kappa shape index (κ3) is 9.77. The van der Waals surface area contributed by atoms with Gasteiger partial charge in [-0.05, 0) is 6.92 Å². The van der Waals surface area contributed by atoms with Gasteiger partial charge in [0, 0.05) is 36.8 Å². The van der Waals surface area contributed by atoms with Crippen molar-refractivity contribution in [2.75, 3.05) is 0 Å². The molecular weight excluding hydrogens is 201 g/mol. The van der Waals surface area contributed by atoms with E-state index < -0.39 is 12.1 Å². The molecule has 0 amide bonds. The molecule has 1 atom stereocenters. The van der Waals surface area contributed by atoms with Gasteiger partial charge in [-0.3, -0.25) is 0 Å². The van der Waals surface area contributed by atoms with Crippen LogP contribution in [-0.4, -0.2) is 22.3 Å². The van der Waals surface area contributed by atoms with Crippen LogP contribution < -0.4 is 0 Å². The summed E-state index contributed by atoms with van der Waals surface area (Å²) in [6, 6.07) is 0. The zero-order valence-electron chi connectivity index (χ0n) is 4.50. The van der Waals surface area contributed by atoms with Crippen molar-refractivity contribution < 1.29 is 51.8 Å². The first-order valence-corrected chi connectivity index (χ1v) is 1.55. The largest absolute Gasteiger partial charge is 0.479 e. The maximum Gasteiger partial charge on any atom is 0.332 e. The minimum Gasteiger partial charge on any atom is -0.479 e. The van der Waals surface area contributed by atoms with E-state index in [0.717, 1.165) is 0 Å². The Morgan fingerprint density at radius 3 is 1.75 bits per heavy atom. The summed E-state index contributed by atoms with van der Waals surface area (Å²) in [5.41, 5.74) is 0. The first kappa shape index (κ1) is 15.8. The van der Waals surface area contributed by atoms with Crippen molar-refractivity contribution in [2.24, 2.45) is 0 Å². The minimum atomic E-state index is -1.23. The van der Waals surface area contributed by atoms with Crippen LogP contribution in [0.3, 0.4) is 0 Å². The number of aliphatic hydroxyl groups is 1. The van der Waals surface area contributed by atoms with Crippen LogP contribution in [0.25, 0.3) is 0 Å². The van der Waals surface area contributed by atoms with E-state index in [0.29, 0.717) is 0 Å². The molecule has 3 nitrogen and oxygen atoms in total. The van der Waals surface area contributed by atoms with Gasteiger partial charge in [0.25, 0.3) is 0 Å². The Morgan fingerprint density at radius 1 is 1.62 bits per heavy atom. The fourth-order valence-electron chi connectivity index (χ4n) is 0. The maximum absolute atomic E-state index is 9.45. The molecule has 0 radical (unpaired) electrons. The van der Waals surface area contributed by atoms with E-state index in [4.69, 9.17) is 10.2 Å². The fourth-order valence-corrected chi connectivity index (χ4v) is 0. The molecule has 0 heterocycles. The first-order chi connectivity index (χ1) is 2.64. The standard InChI is InChI=1S/C3H6O3.Cr.Zn/c1-2(4)3(5)6;;/h2,4H,1H3,(H,5,6);;. The Bertz CT molecular complexity index is 65.5. The number of hydrogen-bond acceptors (Lipinski definition) is 2. The summed E-state index contributed by atoms with van der Waals surface area (Å²) in [6.45, 7) is 1.20. The molecule has 8 heavy (non-hydrogen) atoms. The van der Waals surface area contributed by atoms with E-state index >= 15 is 0 Å². The van der Waals surface area contributed by atoms with Crippen LogP contribution >= 0.6 is 0 Å². The van der Waals surface area contributed by atoms with Crippen LogP contribution in [0.5, 0.6) is 0 Å². The number of carboxylic acids is 1. The van der Waals surface area contributed by atoms with Gasteiger partial charge in [-0.1, -0.05) is 0 Å². The van der Waals surface area contributed by atoms with E-state index in [-0.39, 0.29) is 36.8 Å².